The molecule has 11 rings (SSSR count). The zero-order chi connectivity index (χ0) is 33.8. The van der Waals surface area contributed by atoms with Gasteiger partial charge in [-0.25, -0.2) is 0 Å². The van der Waals surface area contributed by atoms with Gasteiger partial charge in [-0.3, -0.25) is 0 Å². The minimum atomic E-state index is -0.0973. The largest absolute Gasteiger partial charge is 0.0616 e. The van der Waals surface area contributed by atoms with Gasteiger partial charge in [-0.1, -0.05) is 153 Å². The summed E-state index contributed by atoms with van der Waals surface area (Å²) in [6.45, 7) is 4.76. The van der Waals surface area contributed by atoms with Crippen LogP contribution in [-0.4, -0.2) is 0 Å². The molecule has 0 bridgehead atoms. The quantitative estimate of drug-likeness (QED) is 0.168. The van der Waals surface area contributed by atoms with Crippen molar-refractivity contribution in [2.45, 2.75) is 19.3 Å². The molecule has 0 radical (unpaired) electrons. The molecule has 0 fully saturated rings. The molecule has 1 aliphatic rings. The molecule has 0 amide bonds. The topological polar surface area (TPSA) is 0 Å². The van der Waals surface area contributed by atoms with Crippen LogP contribution < -0.4 is 0 Å². The third kappa shape index (κ3) is 4.20. The summed E-state index contributed by atoms with van der Waals surface area (Å²) in [7, 11) is 0. The third-order valence-corrected chi connectivity index (χ3v) is 11.8. The van der Waals surface area contributed by atoms with Crippen LogP contribution in [0.1, 0.15) is 25.0 Å². The smallest absolute Gasteiger partial charge is 0.0159 e. The van der Waals surface area contributed by atoms with Crippen molar-refractivity contribution < 1.29 is 0 Å². The van der Waals surface area contributed by atoms with E-state index in [0.717, 1.165) is 0 Å². The minimum Gasteiger partial charge on any atom is -0.0616 e. The van der Waals surface area contributed by atoms with Gasteiger partial charge in [-0.2, -0.15) is 0 Å². The van der Waals surface area contributed by atoms with Crippen molar-refractivity contribution in [1.29, 1.82) is 0 Å². The van der Waals surface area contributed by atoms with Crippen LogP contribution in [0.15, 0.2) is 170 Å². The van der Waals surface area contributed by atoms with E-state index in [1.165, 1.54) is 109 Å². The van der Waals surface area contributed by atoms with E-state index in [1.807, 2.05) is 0 Å². The van der Waals surface area contributed by atoms with E-state index in [1.54, 1.807) is 0 Å². The fraction of sp³-hybridized carbons (Fsp3) is 0.0588. The van der Waals surface area contributed by atoms with Gasteiger partial charge in [0.15, 0.2) is 0 Å². The summed E-state index contributed by atoms with van der Waals surface area (Å²) in [4.78, 5) is 0. The van der Waals surface area contributed by atoms with Crippen LogP contribution in [0, 0.1) is 0 Å². The zero-order valence-electron chi connectivity index (χ0n) is 28.7. The molecule has 0 heteroatoms. The van der Waals surface area contributed by atoms with Crippen molar-refractivity contribution in [1.82, 2.24) is 0 Å². The number of hydrogen-bond acceptors (Lipinski definition) is 0. The second-order valence-electron chi connectivity index (χ2n) is 15.0. The summed E-state index contributed by atoms with van der Waals surface area (Å²) in [5, 5.41) is 13.0. The summed E-state index contributed by atoms with van der Waals surface area (Å²) in [6, 6.07) is 63.8. The van der Waals surface area contributed by atoms with Crippen LogP contribution >= 0.6 is 0 Å². The van der Waals surface area contributed by atoms with Crippen molar-refractivity contribution >= 4 is 53.9 Å². The SMILES string of the molecule is CC1(C)c2cc(-c3ccc4ccccc4c3)ccc2-c2ccc(-c3ccc4cc(-c5ccc6ccc7cccc8ccc5c6c78)ccc4c3)cc21. The highest BCUT2D eigenvalue weighted by atomic mass is 14.4. The Hall–Kier alpha value is -6.24. The molecular weight excluding hydrogens is 613 g/mol. The molecule has 0 N–H and O–H groups in total. The molecule has 0 spiro atoms. The molecule has 10 aromatic carbocycles. The van der Waals surface area contributed by atoms with Crippen LogP contribution in [0.3, 0.4) is 0 Å². The van der Waals surface area contributed by atoms with E-state index in [4.69, 9.17) is 0 Å². The van der Waals surface area contributed by atoms with Crippen molar-refractivity contribution in [2.75, 3.05) is 0 Å². The zero-order valence-corrected chi connectivity index (χ0v) is 28.7. The Balaban J connectivity index is 0.952. The molecule has 0 atom stereocenters. The average molecular weight is 647 g/mol. The lowest BCUT2D eigenvalue weighted by molar-refractivity contribution is 0.661. The van der Waals surface area contributed by atoms with Crippen LogP contribution in [-0.2, 0) is 5.41 Å². The first-order valence-electron chi connectivity index (χ1n) is 18.0. The van der Waals surface area contributed by atoms with Gasteiger partial charge in [0, 0.05) is 5.41 Å². The predicted octanol–water partition coefficient (Wildman–Crippen LogP) is 14.2. The van der Waals surface area contributed by atoms with Gasteiger partial charge in [0.25, 0.3) is 0 Å². The highest BCUT2D eigenvalue weighted by molar-refractivity contribution is 6.25. The molecule has 0 saturated carbocycles. The van der Waals surface area contributed by atoms with Crippen molar-refractivity contribution in [3.05, 3.63) is 181 Å². The summed E-state index contributed by atoms with van der Waals surface area (Å²) in [5.41, 5.74) is 13.0. The first-order chi connectivity index (χ1) is 25.0. The number of benzene rings is 10. The predicted molar refractivity (Wildman–Crippen MR) is 219 cm³/mol. The van der Waals surface area contributed by atoms with Crippen molar-refractivity contribution in [3.8, 4) is 44.5 Å². The summed E-state index contributed by atoms with van der Waals surface area (Å²) in [6.07, 6.45) is 0. The molecule has 51 heavy (non-hydrogen) atoms. The minimum absolute atomic E-state index is 0.0973. The van der Waals surface area contributed by atoms with Gasteiger partial charge in [0.05, 0.1) is 0 Å². The van der Waals surface area contributed by atoms with Gasteiger partial charge >= 0.3 is 0 Å². The highest BCUT2D eigenvalue weighted by Crippen LogP contribution is 2.51. The number of rotatable bonds is 3. The Labute approximate surface area is 297 Å². The molecule has 0 saturated heterocycles. The Morgan fingerprint density at radius 1 is 0.294 bits per heavy atom. The lowest BCUT2D eigenvalue weighted by Gasteiger charge is -2.23. The van der Waals surface area contributed by atoms with Gasteiger partial charge in [-0.05, 0) is 140 Å². The van der Waals surface area contributed by atoms with Crippen molar-refractivity contribution in [2.24, 2.45) is 0 Å². The van der Waals surface area contributed by atoms with E-state index in [2.05, 4.69) is 184 Å². The maximum atomic E-state index is 2.44. The Morgan fingerprint density at radius 3 is 1.37 bits per heavy atom. The molecular formula is C51H34. The fourth-order valence-corrected chi connectivity index (χ4v) is 9.05. The Morgan fingerprint density at radius 2 is 0.706 bits per heavy atom. The molecule has 0 nitrogen and oxygen atoms in total. The monoisotopic (exact) mass is 646 g/mol. The molecule has 0 unspecified atom stereocenters. The number of hydrogen-bond donors (Lipinski definition) is 0. The lowest BCUT2D eigenvalue weighted by atomic mass is 9.80. The second kappa shape index (κ2) is 10.4. The second-order valence-corrected chi connectivity index (χ2v) is 15.0. The van der Waals surface area contributed by atoms with Gasteiger partial charge < -0.3 is 0 Å². The van der Waals surface area contributed by atoms with Gasteiger partial charge in [0.2, 0.25) is 0 Å². The normalized spacial score (nSPS) is 13.5. The van der Waals surface area contributed by atoms with E-state index >= 15 is 0 Å². The molecule has 1 aliphatic carbocycles. The van der Waals surface area contributed by atoms with E-state index < -0.39 is 0 Å². The highest BCUT2D eigenvalue weighted by Gasteiger charge is 2.36. The standard InChI is InChI=1S/C51H34/c1-51(2)47-29-40(37-13-10-31-6-3-4-7-35(31)26-37)20-23-44(47)45-24-21-41(30-48(45)51)38-14-15-39-28-42(17-16-36(39)27-38)43-22-18-34-12-11-32-8-5-9-33-19-25-46(43)50(34)49(32)33/h3-30H,1-2H3. The fourth-order valence-electron chi connectivity index (χ4n) is 9.05. The van der Waals surface area contributed by atoms with Crippen molar-refractivity contribution in [3.63, 3.8) is 0 Å². The summed E-state index contributed by atoms with van der Waals surface area (Å²) in [5.74, 6) is 0. The number of fused-ring (bicyclic) bond motifs is 5. The summed E-state index contributed by atoms with van der Waals surface area (Å²) < 4.78 is 0. The molecule has 0 aliphatic heterocycles. The first-order valence-corrected chi connectivity index (χ1v) is 18.0. The molecule has 238 valence electrons. The summed E-state index contributed by atoms with van der Waals surface area (Å²) >= 11 is 0. The maximum absolute atomic E-state index is 2.44. The molecule has 0 aromatic heterocycles. The van der Waals surface area contributed by atoms with Crippen LogP contribution in [0.5, 0.6) is 0 Å². The van der Waals surface area contributed by atoms with E-state index in [9.17, 15) is 0 Å². The first kappa shape index (κ1) is 28.6. The van der Waals surface area contributed by atoms with E-state index in [0.29, 0.717) is 0 Å². The van der Waals surface area contributed by atoms with Crippen LogP contribution in [0.2, 0.25) is 0 Å². The van der Waals surface area contributed by atoms with Gasteiger partial charge in [-0.15, -0.1) is 0 Å². The molecule has 0 heterocycles. The van der Waals surface area contributed by atoms with E-state index in [-0.39, 0.29) is 5.41 Å². The average Bonchev–Trinajstić information content (AvgIpc) is 3.41. The van der Waals surface area contributed by atoms with Gasteiger partial charge in [0.1, 0.15) is 0 Å². The molecule has 10 aromatic rings. The maximum Gasteiger partial charge on any atom is 0.0159 e. The lowest BCUT2D eigenvalue weighted by Crippen LogP contribution is -2.15. The Kier molecular flexibility index (Phi) is 5.82. The van der Waals surface area contributed by atoms with Crippen LogP contribution in [0.4, 0.5) is 0 Å². The van der Waals surface area contributed by atoms with Crippen LogP contribution in [0.25, 0.3) is 98.4 Å². The third-order valence-electron chi connectivity index (χ3n) is 11.8. The Bertz CT molecular complexity index is 3030.